The van der Waals surface area contributed by atoms with E-state index >= 15 is 0 Å². The highest BCUT2D eigenvalue weighted by Gasteiger charge is 2.04. The molecule has 0 saturated carbocycles. The van der Waals surface area contributed by atoms with Gasteiger partial charge in [-0.25, -0.2) is 10.5 Å². The number of amides is 2. The molecular formula is C7H12N6O2. The summed E-state index contributed by atoms with van der Waals surface area (Å²) in [5.41, 5.74) is 2.55. The van der Waals surface area contributed by atoms with E-state index in [4.69, 9.17) is 5.84 Å². The van der Waals surface area contributed by atoms with Crippen molar-refractivity contribution in [2.45, 2.75) is 20.0 Å². The van der Waals surface area contributed by atoms with Crippen LogP contribution in [0.4, 0.5) is 0 Å². The van der Waals surface area contributed by atoms with Gasteiger partial charge in [-0.3, -0.25) is 15.0 Å². The smallest absolute Gasteiger partial charge is 0.255 e. The molecule has 0 aliphatic rings. The number of carbonyl (C=O) groups excluding carboxylic acids is 2. The van der Waals surface area contributed by atoms with E-state index in [2.05, 4.69) is 15.6 Å². The molecule has 0 saturated heterocycles. The van der Waals surface area contributed by atoms with E-state index in [1.165, 1.54) is 11.6 Å². The molecule has 1 aromatic heterocycles. The molecule has 0 aromatic carbocycles. The predicted molar refractivity (Wildman–Crippen MR) is 49.9 cm³/mol. The van der Waals surface area contributed by atoms with Gasteiger partial charge in [-0.15, -0.1) is 5.10 Å². The van der Waals surface area contributed by atoms with Gasteiger partial charge >= 0.3 is 0 Å². The van der Waals surface area contributed by atoms with Crippen LogP contribution >= 0.6 is 0 Å². The Kier molecular flexibility index (Phi) is 3.75. The normalized spacial score (nSPS) is 9.73. The van der Waals surface area contributed by atoms with E-state index < -0.39 is 0 Å². The van der Waals surface area contributed by atoms with Crippen molar-refractivity contribution in [2.75, 3.05) is 0 Å². The molecule has 15 heavy (non-hydrogen) atoms. The first-order valence-electron chi connectivity index (χ1n) is 4.24. The Balaban J connectivity index is 2.49. The third kappa shape index (κ3) is 3.73. The Morgan fingerprint density at radius 3 is 2.93 bits per heavy atom. The first-order valence-corrected chi connectivity index (χ1v) is 4.24. The maximum Gasteiger partial charge on any atom is 0.255 e. The third-order valence-electron chi connectivity index (χ3n) is 1.57. The van der Waals surface area contributed by atoms with Crippen LogP contribution in [-0.2, 0) is 22.7 Å². The van der Waals surface area contributed by atoms with Crippen LogP contribution < -0.4 is 16.6 Å². The number of aromatic nitrogens is 3. The largest absolute Gasteiger partial charge is 0.351 e. The molecule has 8 heteroatoms. The summed E-state index contributed by atoms with van der Waals surface area (Å²) in [4.78, 5) is 21.5. The lowest BCUT2D eigenvalue weighted by molar-refractivity contribution is -0.122. The second-order valence-electron chi connectivity index (χ2n) is 2.88. The minimum Gasteiger partial charge on any atom is -0.351 e. The van der Waals surface area contributed by atoms with Gasteiger partial charge in [0.25, 0.3) is 5.91 Å². The van der Waals surface area contributed by atoms with Gasteiger partial charge in [-0.05, 0) is 0 Å². The fraction of sp³-hybridized carbons (Fsp3) is 0.429. The summed E-state index contributed by atoms with van der Waals surface area (Å²) >= 11 is 0. The second kappa shape index (κ2) is 5.05. The van der Waals surface area contributed by atoms with Gasteiger partial charge in [0.05, 0.1) is 12.7 Å². The monoisotopic (exact) mass is 212 g/mol. The van der Waals surface area contributed by atoms with Gasteiger partial charge in [0.15, 0.2) is 0 Å². The maximum atomic E-state index is 10.9. The number of hydrogen-bond acceptors (Lipinski definition) is 5. The van der Waals surface area contributed by atoms with Crippen molar-refractivity contribution in [3.8, 4) is 0 Å². The molecule has 0 radical (unpaired) electrons. The quantitative estimate of drug-likeness (QED) is 0.300. The van der Waals surface area contributed by atoms with Gasteiger partial charge in [0.2, 0.25) is 5.91 Å². The first kappa shape index (κ1) is 11.1. The molecule has 0 bridgehead atoms. The van der Waals surface area contributed by atoms with Crippen LogP contribution in [0.5, 0.6) is 0 Å². The second-order valence-corrected chi connectivity index (χ2v) is 2.88. The predicted octanol–water partition coefficient (Wildman–Crippen LogP) is -2.10. The number of carbonyl (C=O) groups is 2. The third-order valence-corrected chi connectivity index (χ3v) is 1.57. The molecule has 8 nitrogen and oxygen atoms in total. The van der Waals surface area contributed by atoms with E-state index in [1.54, 1.807) is 6.20 Å². The van der Waals surface area contributed by atoms with E-state index in [0.717, 1.165) is 0 Å². The van der Waals surface area contributed by atoms with Crippen LogP contribution in [0, 0.1) is 0 Å². The van der Waals surface area contributed by atoms with Crippen LogP contribution in [0.1, 0.15) is 12.6 Å². The van der Waals surface area contributed by atoms with Gasteiger partial charge in [0.1, 0.15) is 12.2 Å². The van der Waals surface area contributed by atoms with Crippen LogP contribution in [0.15, 0.2) is 6.20 Å². The molecule has 82 valence electrons. The average molecular weight is 212 g/mol. The molecule has 0 fully saturated rings. The van der Waals surface area contributed by atoms with Gasteiger partial charge in [-0.2, -0.15) is 0 Å². The van der Waals surface area contributed by atoms with Crippen molar-refractivity contribution in [3.63, 3.8) is 0 Å². The zero-order valence-electron chi connectivity index (χ0n) is 8.23. The molecule has 0 spiro atoms. The Morgan fingerprint density at radius 1 is 1.60 bits per heavy atom. The van der Waals surface area contributed by atoms with Crippen LogP contribution in [0.2, 0.25) is 0 Å². The Bertz CT molecular complexity index is 360. The van der Waals surface area contributed by atoms with Gasteiger partial charge < -0.3 is 5.32 Å². The molecule has 4 N–H and O–H groups in total. The molecule has 0 atom stereocenters. The summed E-state index contributed by atoms with van der Waals surface area (Å²) in [5, 5.41) is 10.00. The van der Waals surface area contributed by atoms with Crippen molar-refractivity contribution in [1.82, 2.24) is 25.7 Å². The number of nitrogens with two attached hydrogens (primary N) is 1. The summed E-state index contributed by atoms with van der Waals surface area (Å²) in [6, 6.07) is 0. The van der Waals surface area contributed by atoms with Gasteiger partial charge in [-0.1, -0.05) is 5.21 Å². The summed E-state index contributed by atoms with van der Waals surface area (Å²) < 4.78 is 1.33. The summed E-state index contributed by atoms with van der Waals surface area (Å²) in [6.45, 7) is 1.70. The molecule has 0 unspecified atom stereocenters. The lowest BCUT2D eigenvalue weighted by Crippen LogP contribution is -2.33. The Morgan fingerprint density at radius 2 is 2.33 bits per heavy atom. The number of rotatable bonds is 4. The lowest BCUT2D eigenvalue weighted by atomic mass is 10.4. The highest BCUT2D eigenvalue weighted by molar-refractivity contribution is 5.74. The number of nitrogens with zero attached hydrogens (tertiary/aromatic N) is 3. The van der Waals surface area contributed by atoms with Crippen LogP contribution in [-0.4, -0.2) is 26.8 Å². The highest BCUT2D eigenvalue weighted by Crippen LogP contribution is 1.92. The van der Waals surface area contributed by atoms with Crippen molar-refractivity contribution in [3.05, 3.63) is 11.9 Å². The van der Waals surface area contributed by atoms with Crippen molar-refractivity contribution < 1.29 is 9.59 Å². The molecule has 1 heterocycles. The van der Waals surface area contributed by atoms with Crippen molar-refractivity contribution >= 4 is 11.8 Å². The average Bonchev–Trinajstić information content (AvgIpc) is 2.62. The number of hydrazine groups is 1. The van der Waals surface area contributed by atoms with Crippen LogP contribution in [0.3, 0.4) is 0 Å². The standard InChI is InChI=1S/C7H12N6O2/c1-5(14)9-2-6-3-13(12-11-6)4-7(15)10-8/h3H,2,4,8H2,1H3,(H,9,14)(H,10,15). The molecular weight excluding hydrogens is 200 g/mol. The minimum atomic E-state index is -0.369. The highest BCUT2D eigenvalue weighted by atomic mass is 16.2. The van der Waals surface area contributed by atoms with Gasteiger partial charge in [0, 0.05) is 6.92 Å². The lowest BCUT2D eigenvalue weighted by Gasteiger charge is -1.97. The summed E-state index contributed by atoms with van der Waals surface area (Å²) in [6.07, 6.45) is 1.56. The number of nitrogens with one attached hydrogen (secondary N) is 2. The molecule has 0 aliphatic heterocycles. The molecule has 2 amide bonds. The van der Waals surface area contributed by atoms with E-state index in [0.29, 0.717) is 12.2 Å². The van der Waals surface area contributed by atoms with E-state index in [-0.39, 0.29) is 18.4 Å². The SMILES string of the molecule is CC(=O)NCc1cn(CC(=O)NN)nn1. The van der Waals surface area contributed by atoms with Crippen LogP contribution in [0.25, 0.3) is 0 Å². The minimum absolute atomic E-state index is 0.00354. The zero-order chi connectivity index (χ0) is 11.3. The topological polar surface area (TPSA) is 115 Å². The fourth-order valence-electron chi connectivity index (χ4n) is 0.905. The fourth-order valence-corrected chi connectivity index (χ4v) is 0.905. The maximum absolute atomic E-state index is 10.9. The van der Waals surface area contributed by atoms with Crippen molar-refractivity contribution in [2.24, 2.45) is 5.84 Å². The van der Waals surface area contributed by atoms with E-state index in [1.807, 2.05) is 5.43 Å². The van der Waals surface area contributed by atoms with Crippen molar-refractivity contribution in [1.29, 1.82) is 0 Å². The number of hydrogen-bond donors (Lipinski definition) is 3. The Labute approximate surface area is 85.8 Å². The summed E-state index contributed by atoms with van der Waals surface area (Å²) in [5.74, 6) is 4.39. The summed E-state index contributed by atoms with van der Waals surface area (Å²) in [7, 11) is 0. The molecule has 1 rings (SSSR count). The zero-order valence-corrected chi connectivity index (χ0v) is 8.23. The molecule has 1 aromatic rings. The molecule has 0 aliphatic carbocycles. The first-order chi connectivity index (χ1) is 7.11. The van der Waals surface area contributed by atoms with E-state index in [9.17, 15) is 9.59 Å². The Hall–Kier alpha value is -1.96.